The van der Waals surface area contributed by atoms with Gasteiger partial charge in [-0.1, -0.05) is 30.3 Å². The van der Waals surface area contributed by atoms with Gasteiger partial charge in [-0.25, -0.2) is 0 Å². The first-order chi connectivity index (χ1) is 11.6. The Balaban J connectivity index is 1.97. The Kier molecular flexibility index (Phi) is 4.24. The zero-order chi connectivity index (χ0) is 17.1. The third-order valence-corrected chi connectivity index (χ3v) is 3.85. The van der Waals surface area contributed by atoms with Gasteiger partial charge in [-0.2, -0.15) is 0 Å². The Hall–Kier alpha value is -3.22. The van der Waals surface area contributed by atoms with Crippen molar-refractivity contribution in [3.63, 3.8) is 0 Å². The van der Waals surface area contributed by atoms with E-state index in [0.717, 1.165) is 0 Å². The van der Waals surface area contributed by atoms with E-state index in [1.54, 1.807) is 41.3 Å². The van der Waals surface area contributed by atoms with Crippen LogP contribution in [0.3, 0.4) is 0 Å². The Morgan fingerprint density at radius 1 is 1.12 bits per heavy atom. The SMILES string of the molecule is O=C1CN(c2ccc(C(=O)c3ccccc3)cc2[N+](=O)[O-])CCN1. The lowest BCUT2D eigenvalue weighted by Gasteiger charge is -2.28. The number of benzene rings is 2. The van der Waals surface area contributed by atoms with Crippen molar-refractivity contribution in [2.75, 3.05) is 24.5 Å². The molecule has 0 aromatic heterocycles. The van der Waals surface area contributed by atoms with E-state index in [-0.39, 0.29) is 29.5 Å². The minimum Gasteiger partial charge on any atom is -0.355 e. The predicted molar refractivity (Wildman–Crippen MR) is 88.2 cm³/mol. The Bertz CT molecular complexity index is 805. The Morgan fingerprint density at radius 3 is 2.54 bits per heavy atom. The summed E-state index contributed by atoms with van der Waals surface area (Å²) in [6, 6.07) is 13.0. The average Bonchev–Trinajstić information content (AvgIpc) is 2.61. The van der Waals surface area contributed by atoms with Crippen LogP contribution >= 0.6 is 0 Å². The minimum absolute atomic E-state index is 0.0623. The van der Waals surface area contributed by atoms with Crippen molar-refractivity contribution in [1.29, 1.82) is 0 Å². The van der Waals surface area contributed by atoms with Gasteiger partial charge < -0.3 is 10.2 Å². The molecule has 1 heterocycles. The molecule has 24 heavy (non-hydrogen) atoms. The van der Waals surface area contributed by atoms with Gasteiger partial charge in [-0.3, -0.25) is 19.7 Å². The molecule has 1 amide bonds. The fraction of sp³-hybridized carbons (Fsp3) is 0.176. The maximum absolute atomic E-state index is 12.5. The van der Waals surface area contributed by atoms with Gasteiger partial charge in [0.15, 0.2) is 5.78 Å². The van der Waals surface area contributed by atoms with Gasteiger partial charge in [0.05, 0.1) is 11.5 Å². The van der Waals surface area contributed by atoms with E-state index in [1.165, 1.54) is 12.1 Å². The molecule has 1 saturated heterocycles. The molecule has 0 atom stereocenters. The maximum atomic E-state index is 12.5. The number of carbonyl (C=O) groups excluding carboxylic acids is 2. The van der Waals surface area contributed by atoms with E-state index in [9.17, 15) is 19.7 Å². The molecule has 1 fully saturated rings. The third-order valence-electron chi connectivity index (χ3n) is 3.85. The summed E-state index contributed by atoms with van der Waals surface area (Å²) in [5.41, 5.74) is 0.890. The Morgan fingerprint density at radius 2 is 1.88 bits per heavy atom. The molecular formula is C17H15N3O4. The number of anilines is 1. The molecule has 2 aromatic carbocycles. The highest BCUT2D eigenvalue weighted by Crippen LogP contribution is 2.30. The largest absolute Gasteiger partial charge is 0.355 e. The summed E-state index contributed by atoms with van der Waals surface area (Å²) >= 11 is 0. The number of amides is 1. The first-order valence-electron chi connectivity index (χ1n) is 7.46. The van der Waals surface area contributed by atoms with E-state index < -0.39 is 4.92 Å². The fourth-order valence-electron chi connectivity index (χ4n) is 2.68. The second-order valence-corrected chi connectivity index (χ2v) is 5.43. The molecule has 1 N–H and O–H groups in total. The second-order valence-electron chi connectivity index (χ2n) is 5.43. The quantitative estimate of drug-likeness (QED) is 0.525. The summed E-state index contributed by atoms with van der Waals surface area (Å²) in [5, 5.41) is 14.1. The van der Waals surface area contributed by atoms with Gasteiger partial charge in [0.2, 0.25) is 5.91 Å². The molecule has 2 aromatic rings. The van der Waals surface area contributed by atoms with Gasteiger partial charge in [-0.15, -0.1) is 0 Å². The highest BCUT2D eigenvalue weighted by molar-refractivity contribution is 6.09. The van der Waals surface area contributed by atoms with Gasteiger partial charge in [-0.05, 0) is 12.1 Å². The van der Waals surface area contributed by atoms with Crippen LogP contribution in [-0.2, 0) is 4.79 Å². The van der Waals surface area contributed by atoms with Crippen molar-refractivity contribution >= 4 is 23.1 Å². The molecule has 122 valence electrons. The Labute approximate surface area is 138 Å². The molecule has 0 radical (unpaired) electrons. The van der Waals surface area contributed by atoms with Crippen LogP contribution in [0, 0.1) is 10.1 Å². The molecule has 0 aliphatic carbocycles. The highest BCUT2D eigenvalue weighted by Gasteiger charge is 2.25. The molecule has 0 saturated carbocycles. The number of rotatable bonds is 4. The van der Waals surface area contributed by atoms with Crippen LogP contribution in [0.15, 0.2) is 48.5 Å². The number of nitro benzene ring substituents is 1. The molecule has 1 aliphatic rings. The molecule has 7 heteroatoms. The highest BCUT2D eigenvalue weighted by atomic mass is 16.6. The monoisotopic (exact) mass is 325 g/mol. The summed E-state index contributed by atoms with van der Waals surface area (Å²) in [6.07, 6.45) is 0. The van der Waals surface area contributed by atoms with E-state index in [2.05, 4.69) is 5.32 Å². The zero-order valence-corrected chi connectivity index (χ0v) is 12.8. The number of hydrogen-bond acceptors (Lipinski definition) is 5. The fourth-order valence-corrected chi connectivity index (χ4v) is 2.68. The molecule has 0 unspecified atom stereocenters. The second kappa shape index (κ2) is 6.49. The van der Waals surface area contributed by atoms with Gasteiger partial charge >= 0.3 is 0 Å². The summed E-state index contributed by atoms with van der Waals surface area (Å²) in [6.45, 7) is 0.978. The van der Waals surface area contributed by atoms with Crippen molar-refractivity contribution in [2.24, 2.45) is 0 Å². The number of nitro groups is 1. The normalized spacial score (nSPS) is 14.2. The molecule has 7 nitrogen and oxygen atoms in total. The molecule has 0 bridgehead atoms. The van der Waals surface area contributed by atoms with Crippen molar-refractivity contribution in [3.8, 4) is 0 Å². The first kappa shape index (κ1) is 15.7. The summed E-state index contributed by atoms with van der Waals surface area (Å²) in [4.78, 5) is 36.5. The van der Waals surface area contributed by atoms with Crippen LogP contribution in [-0.4, -0.2) is 36.2 Å². The average molecular weight is 325 g/mol. The van der Waals surface area contributed by atoms with E-state index >= 15 is 0 Å². The maximum Gasteiger partial charge on any atom is 0.293 e. The third kappa shape index (κ3) is 3.10. The van der Waals surface area contributed by atoms with Crippen LogP contribution in [0.2, 0.25) is 0 Å². The lowest BCUT2D eigenvalue weighted by Crippen LogP contribution is -2.47. The van der Waals surface area contributed by atoms with Crippen molar-refractivity contribution in [1.82, 2.24) is 5.32 Å². The summed E-state index contributed by atoms with van der Waals surface area (Å²) < 4.78 is 0. The molecule has 3 rings (SSSR count). The number of nitrogens with one attached hydrogen (secondary N) is 1. The molecule has 1 aliphatic heterocycles. The molecule has 0 spiro atoms. The van der Waals surface area contributed by atoms with Crippen molar-refractivity contribution in [2.45, 2.75) is 0 Å². The standard InChI is InChI=1S/C17H15N3O4/c21-16-11-19(9-8-18-16)14-7-6-13(10-15(14)20(23)24)17(22)12-4-2-1-3-5-12/h1-7,10H,8-9,11H2,(H,18,21). The molecular weight excluding hydrogens is 310 g/mol. The van der Waals surface area contributed by atoms with Crippen LogP contribution < -0.4 is 10.2 Å². The van der Waals surface area contributed by atoms with Gasteiger partial charge in [0, 0.05) is 30.3 Å². The summed E-state index contributed by atoms with van der Waals surface area (Å²) in [7, 11) is 0. The topological polar surface area (TPSA) is 92.5 Å². The van der Waals surface area contributed by atoms with E-state index in [4.69, 9.17) is 0 Å². The predicted octanol–water partition coefficient (Wildman–Crippen LogP) is 1.76. The number of carbonyl (C=O) groups is 2. The van der Waals surface area contributed by atoms with Crippen LogP contribution in [0.4, 0.5) is 11.4 Å². The smallest absolute Gasteiger partial charge is 0.293 e. The lowest BCUT2D eigenvalue weighted by atomic mass is 10.0. The minimum atomic E-state index is -0.524. The first-order valence-corrected chi connectivity index (χ1v) is 7.46. The zero-order valence-electron chi connectivity index (χ0n) is 12.8. The van der Waals surface area contributed by atoms with Crippen LogP contribution in [0.5, 0.6) is 0 Å². The van der Waals surface area contributed by atoms with Crippen molar-refractivity contribution < 1.29 is 14.5 Å². The number of nitrogens with zero attached hydrogens (tertiary/aromatic N) is 2. The number of piperazine rings is 1. The number of hydrogen-bond donors (Lipinski definition) is 1. The van der Waals surface area contributed by atoms with Crippen LogP contribution in [0.25, 0.3) is 0 Å². The van der Waals surface area contributed by atoms with Crippen molar-refractivity contribution in [3.05, 3.63) is 69.8 Å². The lowest BCUT2D eigenvalue weighted by molar-refractivity contribution is -0.384. The van der Waals surface area contributed by atoms with Gasteiger partial charge in [0.1, 0.15) is 5.69 Å². The van der Waals surface area contributed by atoms with Crippen LogP contribution in [0.1, 0.15) is 15.9 Å². The van der Waals surface area contributed by atoms with E-state index in [1.807, 2.05) is 0 Å². The summed E-state index contributed by atoms with van der Waals surface area (Å²) in [5.74, 6) is -0.457. The van der Waals surface area contributed by atoms with Gasteiger partial charge in [0.25, 0.3) is 5.69 Å². The van der Waals surface area contributed by atoms with E-state index in [0.29, 0.717) is 24.3 Å². The number of ketones is 1.